The molecule has 4 bridgehead atoms. The van der Waals surface area contributed by atoms with Gasteiger partial charge in [-0.2, -0.15) is 0 Å². The SMILES string of the molecule is O=C(Nc1ccc([C@H]2O[C@@H](Cn3cnc(Cl)c3Cl)C[C@@H](c3ccc(CO)cc3)O2)cc1)NC12CC3CC(CC(C3)C1)C2. The van der Waals surface area contributed by atoms with E-state index in [-0.39, 0.29) is 35.5 Å². The van der Waals surface area contributed by atoms with Gasteiger partial charge in [0.15, 0.2) is 11.4 Å². The van der Waals surface area contributed by atoms with Crippen LogP contribution in [0.5, 0.6) is 0 Å². The molecule has 3 N–H and O–H groups in total. The number of carbonyl (C=O) groups is 1. The summed E-state index contributed by atoms with van der Waals surface area (Å²) < 4.78 is 14.6. The van der Waals surface area contributed by atoms with Crippen molar-refractivity contribution in [3.63, 3.8) is 0 Å². The molecule has 222 valence electrons. The van der Waals surface area contributed by atoms with Crippen LogP contribution in [0.15, 0.2) is 54.9 Å². The molecule has 1 aliphatic heterocycles. The summed E-state index contributed by atoms with van der Waals surface area (Å²) in [5.41, 5.74) is 3.38. The minimum Gasteiger partial charge on any atom is -0.392 e. The number of amides is 2. The topological polar surface area (TPSA) is 97.6 Å². The van der Waals surface area contributed by atoms with E-state index in [2.05, 4.69) is 15.6 Å². The average molecular weight is 612 g/mol. The van der Waals surface area contributed by atoms with E-state index in [1.807, 2.05) is 48.5 Å². The zero-order valence-corrected chi connectivity index (χ0v) is 24.9. The van der Waals surface area contributed by atoms with Crippen molar-refractivity contribution in [2.75, 3.05) is 5.32 Å². The van der Waals surface area contributed by atoms with Crippen LogP contribution in [0, 0.1) is 17.8 Å². The van der Waals surface area contributed by atoms with Crippen LogP contribution in [-0.4, -0.2) is 32.3 Å². The van der Waals surface area contributed by atoms with Crippen LogP contribution in [0.2, 0.25) is 10.3 Å². The molecule has 5 fully saturated rings. The predicted octanol–water partition coefficient (Wildman–Crippen LogP) is 7.02. The number of anilines is 1. The van der Waals surface area contributed by atoms with Crippen molar-refractivity contribution in [1.29, 1.82) is 0 Å². The molecular formula is C32H36Cl2N4O4. The molecule has 1 saturated heterocycles. The number of aliphatic hydroxyl groups is 1. The fourth-order valence-electron chi connectivity index (χ4n) is 8.11. The quantitative estimate of drug-likeness (QED) is 0.267. The summed E-state index contributed by atoms with van der Waals surface area (Å²) in [4.78, 5) is 17.2. The van der Waals surface area contributed by atoms with E-state index in [1.165, 1.54) is 19.3 Å². The van der Waals surface area contributed by atoms with Crippen LogP contribution in [0.1, 0.15) is 74.0 Å². The molecule has 42 heavy (non-hydrogen) atoms. The number of benzene rings is 2. The first kappa shape index (κ1) is 28.2. The van der Waals surface area contributed by atoms with E-state index >= 15 is 0 Å². The number of ether oxygens (including phenoxy) is 2. The van der Waals surface area contributed by atoms with Crippen molar-refractivity contribution >= 4 is 34.9 Å². The van der Waals surface area contributed by atoms with Gasteiger partial charge >= 0.3 is 6.03 Å². The monoisotopic (exact) mass is 610 g/mol. The second-order valence-electron chi connectivity index (χ2n) is 12.7. The number of urea groups is 1. The fourth-order valence-corrected chi connectivity index (χ4v) is 8.43. The number of aromatic nitrogens is 2. The van der Waals surface area contributed by atoms with E-state index in [0.717, 1.165) is 59.4 Å². The van der Waals surface area contributed by atoms with E-state index < -0.39 is 6.29 Å². The normalized spacial score (nSPS) is 31.7. The van der Waals surface area contributed by atoms with Crippen molar-refractivity contribution in [2.45, 2.75) is 82.1 Å². The minimum atomic E-state index is -0.626. The molecule has 0 unspecified atom stereocenters. The number of carbonyl (C=O) groups excluding carboxylic acids is 1. The number of rotatable bonds is 7. The molecule has 3 atom stereocenters. The molecule has 0 radical (unpaired) electrons. The lowest BCUT2D eigenvalue weighted by Gasteiger charge is -2.56. The average Bonchev–Trinajstić information content (AvgIpc) is 3.28. The Hall–Kier alpha value is -2.62. The van der Waals surface area contributed by atoms with E-state index in [1.54, 1.807) is 10.9 Å². The van der Waals surface area contributed by atoms with Crippen molar-refractivity contribution < 1.29 is 19.4 Å². The Morgan fingerprint density at radius 2 is 1.57 bits per heavy atom. The maximum atomic E-state index is 13.1. The molecule has 3 aromatic rings. The van der Waals surface area contributed by atoms with Gasteiger partial charge in [-0.3, -0.25) is 0 Å². The minimum absolute atomic E-state index is 0.0129. The van der Waals surface area contributed by atoms with Gasteiger partial charge in [0.25, 0.3) is 0 Å². The maximum absolute atomic E-state index is 13.1. The standard InChI is InChI=1S/C32H36Cl2N4O4/c33-28-29(34)38(18-35-28)16-26-12-27(23-3-1-19(17-39)2-4-23)42-30(41-26)24-5-7-25(8-6-24)36-31(40)37-32-13-20-9-21(14-32)11-22(10-20)15-32/h1-8,18,20-22,26-27,30,39H,9-17H2,(H2,36,37,40)/t20?,21?,22?,26-,27+,30+,32?/m1/s1. The highest BCUT2D eigenvalue weighted by atomic mass is 35.5. The number of imidazole rings is 1. The number of hydrogen-bond donors (Lipinski definition) is 3. The molecule has 4 aliphatic carbocycles. The number of nitrogens with one attached hydrogen (secondary N) is 2. The van der Waals surface area contributed by atoms with Crippen molar-refractivity contribution in [1.82, 2.24) is 14.9 Å². The van der Waals surface area contributed by atoms with Gasteiger partial charge < -0.3 is 29.8 Å². The second kappa shape index (κ2) is 11.5. The first-order chi connectivity index (χ1) is 20.3. The number of hydrogen-bond acceptors (Lipinski definition) is 5. The first-order valence-electron chi connectivity index (χ1n) is 14.9. The molecule has 8 nitrogen and oxygen atoms in total. The highest BCUT2D eigenvalue weighted by molar-refractivity contribution is 6.40. The highest BCUT2D eigenvalue weighted by Crippen LogP contribution is 2.55. The molecule has 8 rings (SSSR count). The lowest BCUT2D eigenvalue weighted by Crippen LogP contribution is -2.60. The van der Waals surface area contributed by atoms with Gasteiger partial charge in [0.05, 0.1) is 31.7 Å². The van der Waals surface area contributed by atoms with Crippen LogP contribution in [0.3, 0.4) is 0 Å². The lowest BCUT2D eigenvalue weighted by molar-refractivity contribution is -0.252. The zero-order chi connectivity index (χ0) is 28.8. The van der Waals surface area contributed by atoms with Gasteiger partial charge in [-0.1, -0.05) is 59.6 Å². The molecule has 5 aliphatic rings. The molecule has 1 aromatic heterocycles. The molecule has 4 saturated carbocycles. The Balaban J connectivity index is 1.04. The van der Waals surface area contributed by atoms with Gasteiger partial charge in [0.1, 0.15) is 5.15 Å². The third-order valence-electron chi connectivity index (χ3n) is 9.61. The lowest BCUT2D eigenvalue weighted by atomic mass is 9.53. The Kier molecular flexibility index (Phi) is 7.69. The van der Waals surface area contributed by atoms with Crippen LogP contribution in [0.25, 0.3) is 0 Å². The van der Waals surface area contributed by atoms with Gasteiger partial charge in [0.2, 0.25) is 0 Å². The maximum Gasteiger partial charge on any atom is 0.319 e. The molecular weight excluding hydrogens is 575 g/mol. The molecule has 0 spiro atoms. The molecule has 2 aromatic carbocycles. The Morgan fingerprint density at radius 1 is 0.929 bits per heavy atom. The Morgan fingerprint density at radius 3 is 2.17 bits per heavy atom. The van der Waals surface area contributed by atoms with Gasteiger partial charge in [-0.25, -0.2) is 9.78 Å². The van der Waals surface area contributed by atoms with E-state index in [4.69, 9.17) is 32.7 Å². The van der Waals surface area contributed by atoms with Crippen LogP contribution >= 0.6 is 23.2 Å². The summed E-state index contributed by atoms with van der Waals surface area (Å²) in [6.07, 6.45) is 8.50. The fraction of sp³-hybridized carbons (Fsp3) is 0.500. The van der Waals surface area contributed by atoms with Crippen molar-refractivity contribution in [3.8, 4) is 0 Å². The van der Waals surface area contributed by atoms with Crippen molar-refractivity contribution in [3.05, 3.63) is 81.9 Å². The smallest absolute Gasteiger partial charge is 0.319 e. The van der Waals surface area contributed by atoms with Gasteiger partial charge in [0, 0.05) is 23.2 Å². The molecule has 2 heterocycles. The number of aliphatic hydroxyl groups excluding tert-OH is 1. The summed E-state index contributed by atoms with van der Waals surface area (Å²) in [7, 11) is 0. The summed E-state index contributed by atoms with van der Waals surface area (Å²) in [6.45, 7) is 0.453. The summed E-state index contributed by atoms with van der Waals surface area (Å²) in [5, 5.41) is 16.5. The Bertz CT molecular complexity index is 1390. The number of nitrogens with zero attached hydrogens (tertiary/aromatic N) is 2. The summed E-state index contributed by atoms with van der Waals surface area (Å²) in [5.74, 6) is 2.31. The zero-order valence-electron chi connectivity index (χ0n) is 23.3. The third-order valence-corrected chi connectivity index (χ3v) is 10.4. The Labute approximate surface area is 255 Å². The van der Waals surface area contributed by atoms with Crippen LogP contribution < -0.4 is 10.6 Å². The highest BCUT2D eigenvalue weighted by Gasteiger charge is 2.51. The largest absolute Gasteiger partial charge is 0.392 e. The van der Waals surface area contributed by atoms with Crippen LogP contribution in [0.4, 0.5) is 10.5 Å². The van der Waals surface area contributed by atoms with Gasteiger partial charge in [-0.05, 0) is 79.5 Å². The van der Waals surface area contributed by atoms with E-state index in [0.29, 0.717) is 18.1 Å². The van der Waals surface area contributed by atoms with E-state index in [9.17, 15) is 9.90 Å². The van der Waals surface area contributed by atoms with Crippen LogP contribution in [-0.2, 0) is 22.6 Å². The summed E-state index contributed by atoms with van der Waals surface area (Å²) >= 11 is 12.4. The van der Waals surface area contributed by atoms with Crippen molar-refractivity contribution in [2.24, 2.45) is 17.8 Å². The van der Waals surface area contributed by atoms with Gasteiger partial charge in [-0.15, -0.1) is 0 Å². The molecule has 10 heteroatoms. The molecule has 2 amide bonds. The summed E-state index contributed by atoms with van der Waals surface area (Å²) in [6, 6.07) is 15.3. The third kappa shape index (κ3) is 5.80. The second-order valence-corrected chi connectivity index (χ2v) is 13.4. The number of halogens is 2. The predicted molar refractivity (Wildman–Crippen MR) is 160 cm³/mol. The first-order valence-corrected chi connectivity index (χ1v) is 15.7.